The van der Waals surface area contributed by atoms with Crippen molar-refractivity contribution in [1.29, 1.82) is 0 Å². The van der Waals surface area contributed by atoms with Crippen LogP contribution in [0.3, 0.4) is 0 Å². The summed E-state index contributed by atoms with van der Waals surface area (Å²) in [7, 11) is 1.91. The van der Waals surface area contributed by atoms with E-state index in [-0.39, 0.29) is 12.1 Å². The fourth-order valence-electron chi connectivity index (χ4n) is 2.15. The van der Waals surface area contributed by atoms with E-state index >= 15 is 0 Å². The highest BCUT2D eigenvalue weighted by molar-refractivity contribution is 6.30. The number of ether oxygens (including phenoxy) is 1. The summed E-state index contributed by atoms with van der Waals surface area (Å²) in [5.41, 5.74) is 0.976. The van der Waals surface area contributed by atoms with Crippen LogP contribution in [-0.2, 0) is 7.05 Å². The number of nitrogens with one attached hydrogen (secondary N) is 1. The van der Waals surface area contributed by atoms with Crippen molar-refractivity contribution in [3.05, 3.63) is 47.2 Å². The Morgan fingerprint density at radius 2 is 2.20 bits per heavy atom. The molecule has 0 radical (unpaired) electrons. The van der Waals surface area contributed by atoms with Crippen LogP contribution in [0.1, 0.15) is 25.6 Å². The topological polar surface area (TPSA) is 39.1 Å². The molecule has 1 aromatic carbocycles. The molecular weight excluding hydrogens is 274 g/mol. The van der Waals surface area contributed by atoms with Gasteiger partial charge in [-0.1, -0.05) is 24.6 Å². The molecule has 2 atom stereocenters. The number of benzene rings is 1. The van der Waals surface area contributed by atoms with E-state index in [1.165, 1.54) is 0 Å². The number of rotatable bonds is 6. The lowest BCUT2D eigenvalue weighted by Gasteiger charge is -2.24. The van der Waals surface area contributed by atoms with Crippen LogP contribution >= 0.6 is 11.6 Å². The van der Waals surface area contributed by atoms with E-state index in [0.29, 0.717) is 5.02 Å². The second-order valence-electron chi connectivity index (χ2n) is 4.73. The van der Waals surface area contributed by atoms with E-state index in [4.69, 9.17) is 16.3 Å². The molecule has 0 bridgehead atoms. The molecule has 1 heterocycles. The van der Waals surface area contributed by atoms with Crippen molar-refractivity contribution < 1.29 is 4.74 Å². The molecule has 2 unspecified atom stereocenters. The summed E-state index contributed by atoms with van der Waals surface area (Å²) in [6.45, 7) is 4.95. The SMILES string of the molecule is CCNC(c1ccn(C)n1)C(C)Oc1cccc(Cl)c1. The molecule has 0 spiro atoms. The van der Waals surface area contributed by atoms with Gasteiger partial charge in [0.25, 0.3) is 0 Å². The van der Waals surface area contributed by atoms with Crippen LogP contribution in [-0.4, -0.2) is 22.4 Å². The molecule has 20 heavy (non-hydrogen) atoms. The van der Waals surface area contributed by atoms with Gasteiger partial charge in [-0.2, -0.15) is 5.10 Å². The third-order valence-corrected chi connectivity index (χ3v) is 3.30. The third kappa shape index (κ3) is 3.74. The predicted octanol–water partition coefficient (Wildman–Crippen LogP) is 3.19. The number of hydrogen-bond acceptors (Lipinski definition) is 3. The Morgan fingerprint density at radius 1 is 1.40 bits per heavy atom. The summed E-state index contributed by atoms with van der Waals surface area (Å²) in [5, 5.41) is 8.54. The molecule has 108 valence electrons. The van der Waals surface area contributed by atoms with Crippen LogP contribution in [0.4, 0.5) is 0 Å². The molecule has 5 heteroatoms. The summed E-state index contributed by atoms with van der Waals surface area (Å²) in [4.78, 5) is 0. The quantitative estimate of drug-likeness (QED) is 0.889. The molecule has 1 aromatic heterocycles. The largest absolute Gasteiger partial charge is 0.489 e. The zero-order chi connectivity index (χ0) is 14.5. The first-order valence-electron chi connectivity index (χ1n) is 6.75. The van der Waals surface area contributed by atoms with Crippen molar-refractivity contribution in [2.45, 2.75) is 26.0 Å². The molecule has 1 N–H and O–H groups in total. The van der Waals surface area contributed by atoms with Gasteiger partial charge < -0.3 is 10.1 Å². The normalized spacial score (nSPS) is 14.0. The Labute approximate surface area is 124 Å². The van der Waals surface area contributed by atoms with Crippen LogP contribution in [0.2, 0.25) is 5.02 Å². The maximum Gasteiger partial charge on any atom is 0.121 e. The van der Waals surface area contributed by atoms with Gasteiger partial charge in [0.15, 0.2) is 0 Å². The van der Waals surface area contributed by atoms with Gasteiger partial charge in [0, 0.05) is 18.3 Å². The molecule has 2 rings (SSSR count). The molecule has 2 aromatic rings. The summed E-state index contributed by atoms with van der Waals surface area (Å²) in [6.07, 6.45) is 1.88. The van der Waals surface area contributed by atoms with E-state index in [9.17, 15) is 0 Å². The molecule has 0 fully saturated rings. The second-order valence-corrected chi connectivity index (χ2v) is 5.17. The number of aryl methyl sites for hydroxylation is 1. The highest BCUT2D eigenvalue weighted by Gasteiger charge is 2.22. The summed E-state index contributed by atoms with van der Waals surface area (Å²) < 4.78 is 7.77. The zero-order valence-corrected chi connectivity index (χ0v) is 12.8. The molecule has 0 amide bonds. The number of hydrogen-bond donors (Lipinski definition) is 1. The minimum Gasteiger partial charge on any atom is -0.489 e. The number of likely N-dealkylation sites (N-methyl/N-ethyl adjacent to an activating group) is 1. The zero-order valence-electron chi connectivity index (χ0n) is 12.0. The fourth-order valence-corrected chi connectivity index (χ4v) is 2.33. The first kappa shape index (κ1) is 14.9. The second kappa shape index (κ2) is 6.77. The maximum absolute atomic E-state index is 5.98. The lowest BCUT2D eigenvalue weighted by Crippen LogP contribution is -2.34. The van der Waals surface area contributed by atoms with Gasteiger partial charge in [-0.15, -0.1) is 0 Å². The lowest BCUT2D eigenvalue weighted by atomic mass is 10.1. The van der Waals surface area contributed by atoms with Gasteiger partial charge in [0.2, 0.25) is 0 Å². The molecule has 0 aliphatic rings. The maximum atomic E-state index is 5.98. The van der Waals surface area contributed by atoms with Crippen molar-refractivity contribution in [3.8, 4) is 5.75 Å². The highest BCUT2D eigenvalue weighted by atomic mass is 35.5. The minimum absolute atomic E-state index is 0.0418. The van der Waals surface area contributed by atoms with E-state index in [2.05, 4.69) is 17.3 Å². The first-order chi connectivity index (χ1) is 9.60. The van der Waals surface area contributed by atoms with E-state index < -0.39 is 0 Å². The van der Waals surface area contributed by atoms with Crippen LogP contribution in [0, 0.1) is 0 Å². The smallest absolute Gasteiger partial charge is 0.121 e. The van der Waals surface area contributed by atoms with Gasteiger partial charge in [-0.25, -0.2) is 0 Å². The Balaban J connectivity index is 2.12. The number of nitrogens with zero attached hydrogens (tertiary/aromatic N) is 2. The average molecular weight is 294 g/mol. The van der Waals surface area contributed by atoms with Gasteiger partial charge >= 0.3 is 0 Å². The van der Waals surface area contributed by atoms with Gasteiger partial charge in [0.05, 0.1) is 11.7 Å². The Morgan fingerprint density at radius 3 is 2.80 bits per heavy atom. The average Bonchev–Trinajstić information content (AvgIpc) is 2.82. The molecule has 0 aliphatic heterocycles. The van der Waals surface area contributed by atoms with Crippen LogP contribution < -0.4 is 10.1 Å². The number of aromatic nitrogens is 2. The van der Waals surface area contributed by atoms with Gasteiger partial charge in [-0.3, -0.25) is 4.68 Å². The van der Waals surface area contributed by atoms with Crippen molar-refractivity contribution in [3.63, 3.8) is 0 Å². The van der Waals surface area contributed by atoms with Gasteiger partial charge in [0.1, 0.15) is 11.9 Å². The van der Waals surface area contributed by atoms with Gasteiger partial charge in [-0.05, 0) is 37.7 Å². The first-order valence-corrected chi connectivity index (χ1v) is 7.13. The standard InChI is InChI=1S/C15H20ClN3O/c1-4-17-15(14-8-9-19(3)18-14)11(2)20-13-7-5-6-12(16)10-13/h5-11,15,17H,4H2,1-3H3. The monoisotopic (exact) mass is 293 g/mol. The fraction of sp³-hybridized carbons (Fsp3) is 0.400. The molecule has 0 saturated heterocycles. The van der Waals surface area contributed by atoms with E-state index in [0.717, 1.165) is 18.0 Å². The summed E-state index contributed by atoms with van der Waals surface area (Å²) in [5.74, 6) is 0.767. The van der Waals surface area contributed by atoms with Crippen molar-refractivity contribution in [1.82, 2.24) is 15.1 Å². The summed E-state index contributed by atoms with van der Waals surface area (Å²) >= 11 is 5.98. The van der Waals surface area contributed by atoms with E-state index in [1.54, 1.807) is 4.68 Å². The highest BCUT2D eigenvalue weighted by Crippen LogP contribution is 2.23. The van der Waals surface area contributed by atoms with E-state index in [1.807, 2.05) is 50.5 Å². The lowest BCUT2D eigenvalue weighted by molar-refractivity contribution is 0.169. The molecule has 4 nitrogen and oxygen atoms in total. The third-order valence-electron chi connectivity index (χ3n) is 3.06. The predicted molar refractivity (Wildman–Crippen MR) is 81.2 cm³/mol. The van der Waals surface area contributed by atoms with Crippen LogP contribution in [0.15, 0.2) is 36.5 Å². The Hall–Kier alpha value is -1.52. The molecule has 0 aliphatic carbocycles. The number of halogens is 1. The minimum atomic E-state index is -0.0525. The van der Waals surface area contributed by atoms with Crippen molar-refractivity contribution in [2.24, 2.45) is 7.05 Å². The Kier molecular flexibility index (Phi) is 5.04. The Bertz CT molecular complexity index is 556. The van der Waals surface area contributed by atoms with Crippen LogP contribution in [0.5, 0.6) is 5.75 Å². The van der Waals surface area contributed by atoms with Crippen LogP contribution in [0.25, 0.3) is 0 Å². The summed E-state index contributed by atoms with van der Waals surface area (Å²) in [6, 6.07) is 9.49. The molecule has 0 saturated carbocycles. The molecular formula is C15H20ClN3O. The van der Waals surface area contributed by atoms with Crippen molar-refractivity contribution in [2.75, 3.05) is 6.54 Å². The van der Waals surface area contributed by atoms with Crippen molar-refractivity contribution >= 4 is 11.6 Å².